The van der Waals surface area contributed by atoms with Crippen molar-refractivity contribution in [3.63, 3.8) is 0 Å². The normalized spacial score (nSPS) is 13.8. The van der Waals surface area contributed by atoms with E-state index in [1.807, 2.05) is 0 Å². The number of hydrogen-bond acceptors (Lipinski definition) is 6. The van der Waals surface area contributed by atoms with Gasteiger partial charge in [-0.25, -0.2) is 4.79 Å². The zero-order valence-electron chi connectivity index (χ0n) is 9.09. The van der Waals surface area contributed by atoms with Crippen molar-refractivity contribution in [3.8, 4) is 0 Å². The van der Waals surface area contributed by atoms with Crippen molar-refractivity contribution in [2.24, 2.45) is 5.73 Å². The number of aliphatic hydroxyl groups is 1. The molecule has 0 aliphatic carbocycles. The van der Waals surface area contributed by atoms with Crippen LogP contribution in [-0.4, -0.2) is 52.0 Å². The largest absolute Gasteiger partial charge is 0.481 e. The number of carbonyl (C=O) groups is 3. The highest BCUT2D eigenvalue weighted by atomic mass is 16.5. The molecule has 0 amide bonds. The minimum atomic E-state index is -2.65. The predicted molar refractivity (Wildman–Crippen MR) is 54.1 cm³/mol. The van der Waals surface area contributed by atoms with Crippen molar-refractivity contribution in [1.29, 1.82) is 0 Å². The lowest BCUT2D eigenvalue weighted by Crippen LogP contribution is -2.43. The van der Waals surface area contributed by atoms with E-state index in [0.29, 0.717) is 13.0 Å². The molecular formula is C9H15NO7. The molecule has 0 fully saturated rings. The molecule has 0 bridgehead atoms. The van der Waals surface area contributed by atoms with E-state index >= 15 is 0 Å². The zero-order chi connectivity index (χ0) is 13.5. The predicted octanol–water partition coefficient (Wildman–Crippen LogP) is -1.44. The molecule has 1 atom stereocenters. The van der Waals surface area contributed by atoms with Gasteiger partial charge in [0.05, 0.1) is 19.4 Å². The second kappa shape index (κ2) is 6.81. The highest BCUT2D eigenvalue weighted by Gasteiger charge is 2.41. The average Bonchev–Trinajstić information content (AvgIpc) is 2.16. The third kappa shape index (κ3) is 5.83. The van der Waals surface area contributed by atoms with Gasteiger partial charge in [0, 0.05) is 0 Å². The molecule has 0 rings (SSSR count). The Hall–Kier alpha value is -1.67. The first-order valence-electron chi connectivity index (χ1n) is 4.85. The van der Waals surface area contributed by atoms with Gasteiger partial charge in [0.15, 0.2) is 5.60 Å². The minimum Gasteiger partial charge on any atom is -0.481 e. The van der Waals surface area contributed by atoms with Crippen LogP contribution in [0.25, 0.3) is 0 Å². The lowest BCUT2D eigenvalue weighted by Gasteiger charge is -2.20. The summed E-state index contributed by atoms with van der Waals surface area (Å²) in [4.78, 5) is 32.2. The number of rotatable bonds is 8. The van der Waals surface area contributed by atoms with E-state index in [1.165, 1.54) is 0 Å². The molecule has 0 saturated carbocycles. The van der Waals surface area contributed by atoms with Crippen LogP contribution < -0.4 is 5.73 Å². The summed E-state index contributed by atoms with van der Waals surface area (Å²) in [6.07, 6.45) is -1.59. The first kappa shape index (κ1) is 15.3. The second-order valence-corrected chi connectivity index (χ2v) is 3.45. The number of carboxylic acid groups (broad SMARTS) is 2. The molecular weight excluding hydrogens is 234 g/mol. The van der Waals surface area contributed by atoms with Gasteiger partial charge in [-0.3, -0.25) is 9.59 Å². The summed E-state index contributed by atoms with van der Waals surface area (Å²) in [6.45, 7) is 0.295. The lowest BCUT2D eigenvalue weighted by molar-refractivity contribution is -0.171. The monoisotopic (exact) mass is 249 g/mol. The first-order valence-corrected chi connectivity index (χ1v) is 4.85. The van der Waals surface area contributed by atoms with E-state index in [2.05, 4.69) is 4.74 Å². The van der Waals surface area contributed by atoms with E-state index < -0.39 is 36.4 Å². The Morgan fingerprint density at radius 3 is 2.18 bits per heavy atom. The van der Waals surface area contributed by atoms with Crippen LogP contribution in [0.5, 0.6) is 0 Å². The molecule has 17 heavy (non-hydrogen) atoms. The number of nitrogens with two attached hydrogens (primary N) is 1. The quantitative estimate of drug-likeness (QED) is 0.302. The van der Waals surface area contributed by atoms with Crippen molar-refractivity contribution < 1.29 is 34.4 Å². The van der Waals surface area contributed by atoms with E-state index in [1.54, 1.807) is 0 Å². The third-order valence-electron chi connectivity index (χ3n) is 1.89. The van der Waals surface area contributed by atoms with Gasteiger partial charge in [-0.2, -0.15) is 0 Å². The van der Waals surface area contributed by atoms with Gasteiger partial charge in [-0.1, -0.05) is 0 Å². The van der Waals surface area contributed by atoms with Gasteiger partial charge in [0.1, 0.15) is 0 Å². The molecule has 0 saturated heterocycles. The van der Waals surface area contributed by atoms with Crippen LogP contribution in [0.2, 0.25) is 0 Å². The van der Waals surface area contributed by atoms with Gasteiger partial charge in [0.25, 0.3) is 0 Å². The molecule has 8 nitrogen and oxygen atoms in total. The summed E-state index contributed by atoms with van der Waals surface area (Å²) in [7, 11) is 0. The van der Waals surface area contributed by atoms with E-state index in [0.717, 1.165) is 0 Å². The molecule has 1 unspecified atom stereocenters. The van der Waals surface area contributed by atoms with Gasteiger partial charge in [-0.05, 0) is 13.0 Å². The lowest BCUT2D eigenvalue weighted by atomic mass is 9.96. The first-order chi connectivity index (χ1) is 7.81. The highest BCUT2D eigenvalue weighted by molar-refractivity contribution is 5.88. The number of ether oxygens (including phenoxy) is 1. The van der Waals surface area contributed by atoms with Crippen LogP contribution in [0.1, 0.15) is 19.3 Å². The van der Waals surface area contributed by atoms with Crippen LogP contribution >= 0.6 is 0 Å². The molecule has 0 radical (unpaired) electrons. The molecule has 0 spiro atoms. The van der Waals surface area contributed by atoms with Crippen LogP contribution in [0.15, 0.2) is 0 Å². The van der Waals surface area contributed by atoms with E-state index in [9.17, 15) is 19.5 Å². The molecule has 0 aliphatic heterocycles. The summed E-state index contributed by atoms with van der Waals surface area (Å²) in [6, 6.07) is 0. The maximum Gasteiger partial charge on any atom is 0.336 e. The number of aliphatic carboxylic acids is 2. The van der Waals surface area contributed by atoms with Crippen molar-refractivity contribution >= 4 is 17.9 Å². The fourth-order valence-electron chi connectivity index (χ4n) is 1.02. The standard InChI is InChI=1S/C9H15NO7/c10-2-1-3-17-7(13)5-9(16,8(14)15)4-6(11)12/h16H,1-5,10H2,(H,11,12)(H,14,15). The number of hydrogen-bond donors (Lipinski definition) is 4. The van der Waals surface area contributed by atoms with E-state index in [-0.39, 0.29) is 6.61 Å². The van der Waals surface area contributed by atoms with Crippen LogP contribution in [0, 0.1) is 0 Å². The Kier molecular flexibility index (Phi) is 6.15. The highest BCUT2D eigenvalue weighted by Crippen LogP contribution is 2.16. The average molecular weight is 249 g/mol. The Morgan fingerprint density at radius 2 is 1.76 bits per heavy atom. The topological polar surface area (TPSA) is 147 Å². The van der Waals surface area contributed by atoms with Gasteiger partial charge >= 0.3 is 17.9 Å². The molecule has 0 aliphatic rings. The van der Waals surface area contributed by atoms with Gasteiger partial charge in [-0.15, -0.1) is 0 Å². The zero-order valence-corrected chi connectivity index (χ0v) is 9.09. The number of esters is 1. The second-order valence-electron chi connectivity index (χ2n) is 3.45. The Bertz CT molecular complexity index is 304. The third-order valence-corrected chi connectivity index (χ3v) is 1.89. The molecule has 0 heterocycles. The SMILES string of the molecule is NCCCOC(=O)CC(O)(CC(=O)O)C(=O)O. The number of carboxylic acids is 2. The smallest absolute Gasteiger partial charge is 0.336 e. The molecule has 0 aromatic rings. The minimum absolute atomic E-state index is 0.00188. The fraction of sp³-hybridized carbons (Fsp3) is 0.667. The van der Waals surface area contributed by atoms with Crippen molar-refractivity contribution in [2.75, 3.05) is 13.2 Å². The molecule has 5 N–H and O–H groups in total. The van der Waals surface area contributed by atoms with Crippen LogP contribution in [-0.2, 0) is 19.1 Å². The molecule has 98 valence electrons. The summed E-state index contributed by atoms with van der Waals surface area (Å²) in [5.41, 5.74) is 2.50. The maximum absolute atomic E-state index is 11.1. The summed E-state index contributed by atoms with van der Waals surface area (Å²) in [5, 5.41) is 26.6. The van der Waals surface area contributed by atoms with Crippen LogP contribution in [0.3, 0.4) is 0 Å². The number of carbonyl (C=O) groups excluding carboxylic acids is 1. The van der Waals surface area contributed by atoms with Crippen molar-refractivity contribution in [3.05, 3.63) is 0 Å². The van der Waals surface area contributed by atoms with E-state index in [4.69, 9.17) is 15.9 Å². The van der Waals surface area contributed by atoms with Gasteiger partial charge in [0.2, 0.25) is 0 Å². The Balaban J connectivity index is 4.39. The maximum atomic E-state index is 11.1. The molecule has 8 heteroatoms. The van der Waals surface area contributed by atoms with Gasteiger partial charge < -0.3 is 25.8 Å². The summed E-state index contributed by atoms with van der Waals surface area (Å²) >= 11 is 0. The Morgan fingerprint density at radius 1 is 1.18 bits per heavy atom. The van der Waals surface area contributed by atoms with Crippen molar-refractivity contribution in [1.82, 2.24) is 0 Å². The molecule has 0 aromatic heterocycles. The fourth-order valence-corrected chi connectivity index (χ4v) is 1.02. The Labute approximate surface area is 97.0 Å². The van der Waals surface area contributed by atoms with Crippen LogP contribution in [0.4, 0.5) is 0 Å². The van der Waals surface area contributed by atoms with Crippen molar-refractivity contribution in [2.45, 2.75) is 24.9 Å². The summed E-state index contributed by atoms with van der Waals surface area (Å²) in [5.74, 6) is -4.29. The summed E-state index contributed by atoms with van der Waals surface area (Å²) < 4.78 is 4.57. The molecule has 0 aromatic carbocycles.